The second-order valence-electron chi connectivity index (χ2n) is 6.80. The molecule has 1 aliphatic heterocycles. The highest BCUT2D eigenvalue weighted by Gasteiger charge is 2.18. The van der Waals surface area contributed by atoms with Crippen LogP contribution in [-0.4, -0.2) is 65.4 Å². The normalized spacial score (nSPS) is 16.6. The Bertz CT molecular complexity index is 875. The maximum atomic E-state index is 12.8. The molecule has 1 aliphatic rings. The molecule has 2 N–H and O–H groups in total. The highest BCUT2D eigenvalue weighted by molar-refractivity contribution is 5.95. The van der Waals surface area contributed by atoms with Gasteiger partial charge in [-0.25, -0.2) is 4.98 Å². The van der Waals surface area contributed by atoms with Crippen LogP contribution in [0.4, 0.5) is 0 Å². The Morgan fingerprint density at radius 1 is 1.03 bits per heavy atom. The van der Waals surface area contributed by atoms with Crippen molar-refractivity contribution in [2.75, 3.05) is 32.8 Å². The monoisotopic (exact) mass is 411 g/mol. The first-order valence-corrected chi connectivity index (χ1v) is 9.97. The largest absolute Gasteiger partial charge is 0.489 e. The molecule has 0 bridgehead atoms. The van der Waals surface area contributed by atoms with Gasteiger partial charge in [0.05, 0.1) is 12.1 Å². The van der Waals surface area contributed by atoms with Gasteiger partial charge in [-0.05, 0) is 37.1 Å². The lowest BCUT2D eigenvalue weighted by Crippen LogP contribution is -2.36. The Kier molecular flexibility index (Phi) is 7.71. The van der Waals surface area contributed by atoms with Gasteiger partial charge in [0.2, 0.25) is 5.91 Å². The average molecular weight is 411 g/mol. The molecule has 0 aromatic carbocycles. The van der Waals surface area contributed by atoms with E-state index >= 15 is 0 Å². The van der Waals surface area contributed by atoms with Crippen LogP contribution in [0.5, 0.6) is 5.75 Å². The summed E-state index contributed by atoms with van der Waals surface area (Å²) in [7, 11) is 0. The molecular weight excluding hydrogens is 386 g/mol. The van der Waals surface area contributed by atoms with E-state index in [-0.39, 0.29) is 30.0 Å². The number of carbonyl (C=O) groups excluding carboxylic acids is 3. The van der Waals surface area contributed by atoms with Crippen molar-refractivity contribution in [1.82, 2.24) is 25.5 Å². The van der Waals surface area contributed by atoms with Gasteiger partial charge in [-0.2, -0.15) is 0 Å². The van der Waals surface area contributed by atoms with Crippen molar-refractivity contribution >= 4 is 17.7 Å². The standard InChI is InChI=1S/C21H25N5O4/c27-18-7-3-12-26(21(29)16-5-1-8-22-15-16)13-4-10-25-20(28)19-17(6-2-9-24-19)30-14-11-23-18/h1-2,5-6,8-9,15H,3-4,7,10-14H2,(H,23,27)(H,25,28). The van der Waals surface area contributed by atoms with Crippen LogP contribution in [0.15, 0.2) is 42.9 Å². The topological polar surface area (TPSA) is 114 Å². The van der Waals surface area contributed by atoms with Gasteiger partial charge in [-0.3, -0.25) is 19.4 Å². The van der Waals surface area contributed by atoms with Gasteiger partial charge >= 0.3 is 0 Å². The molecule has 0 spiro atoms. The van der Waals surface area contributed by atoms with E-state index in [0.717, 1.165) is 0 Å². The number of ether oxygens (including phenoxy) is 1. The molecule has 0 aliphatic carbocycles. The van der Waals surface area contributed by atoms with Gasteiger partial charge in [0.1, 0.15) is 6.61 Å². The number of carbonyl (C=O) groups is 3. The van der Waals surface area contributed by atoms with E-state index in [2.05, 4.69) is 20.6 Å². The third kappa shape index (κ3) is 6.00. The molecule has 0 radical (unpaired) electrons. The summed E-state index contributed by atoms with van der Waals surface area (Å²) < 4.78 is 5.61. The minimum absolute atomic E-state index is 0.108. The van der Waals surface area contributed by atoms with E-state index in [1.807, 2.05) is 0 Å². The first-order valence-electron chi connectivity index (χ1n) is 9.97. The molecule has 3 rings (SSSR count). The van der Waals surface area contributed by atoms with Crippen LogP contribution < -0.4 is 15.4 Å². The molecule has 0 fully saturated rings. The molecule has 2 aromatic heterocycles. The minimum Gasteiger partial charge on any atom is -0.489 e. The van der Waals surface area contributed by atoms with Crippen LogP contribution in [0.1, 0.15) is 40.1 Å². The van der Waals surface area contributed by atoms with Crippen LogP contribution in [-0.2, 0) is 4.79 Å². The van der Waals surface area contributed by atoms with Crippen molar-refractivity contribution < 1.29 is 19.1 Å². The highest BCUT2D eigenvalue weighted by atomic mass is 16.5. The number of nitrogens with zero attached hydrogens (tertiary/aromatic N) is 3. The number of fused-ring (bicyclic) bond motifs is 1. The Morgan fingerprint density at radius 2 is 1.87 bits per heavy atom. The fourth-order valence-electron chi connectivity index (χ4n) is 3.09. The van der Waals surface area contributed by atoms with Crippen molar-refractivity contribution in [3.8, 4) is 5.75 Å². The van der Waals surface area contributed by atoms with Crippen LogP contribution in [0.25, 0.3) is 0 Å². The van der Waals surface area contributed by atoms with Crippen molar-refractivity contribution in [3.05, 3.63) is 54.1 Å². The quantitative estimate of drug-likeness (QED) is 0.725. The van der Waals surface area contributed by atoms with Crippen LogP contribution in [0, 0.1) is 0 Å². The SMILES string of the molecule is O=C1CCCN(C(=O)c2cccnc2)CCCNC(=O)c2ncccc2OCCN1. The maximum Gasteiger partial charge on any atom is 0.273 e. The molecule has 3 heterocycles. The number of pyridine rings is 2. The first kappa shape index (κ1) is 21.2. The molecule has 30 heavy (non-hydrogen) atoms. The lowest BCUT2D eigenvalue weighted by Gasteiger charge is -2.23. The van der Waals surface area contributed by atoms with E-state index in [1.165, 1.54) is 12.4 Å². The zero-order chi connectivity index (χ0) is 21.2. The summed E-state index contributed by atoms with van der Waals surface area (Å²) in [6, 6.07) is 6.78. The lowest BCUT2D eigenvalue weighted by molar-refractivity contribution is -0.121. The second kappa shape index (κ2) is 10.9. The van der Waals surface area contributed by atoms with E-state index in [9.17, 15) is 14.4 Å². The fourth-order valence-corrected chi connectivity index (χ4v) is 3.09. The summed E-state index contributed by atoms with van der Waals surface area (Å²) >= 11 is 0. The van der Waals surface area contributed by atoms with Crippen LogP contribution >= 0.6 is 0 Å². The Labute approximate surface area is 174 Å². The summed E-state index contributed by atoms with van der Waals surface area (Å²) in [6.45, 7) is 1.81. The third-order valence-corrected chi connectivity index (χ3v) is 4.59. The molecule has 0 atom stereocenters. The Balaban J connectivity index is 1.69. The highest BCUT2D eigenvalue weighted by Crippen LogP contribution is 2.15. The molecule has 2 aromatic rings. The Morgan fingerprint density at radius 3 is 2.70 bits per heavy atom. The lowest BCUT2D eigenvalue weighted by atomic mass is 10.2. The van der Waals surface area contributed by atoms with Crippen molar-refractivity contribution in [2.45, 2.75) is 19.3 Å². The van der Waals surface area contributed by atoms with E-state index in [1.54, 1.807) is 35.4 Å². The molecule has 0 unspecified atom stereocenters. The third-order valence-electron chi connectivity index (χ3n) is 4.59. The van der Waals surface area contributed by atoms with Crippen LogP contribution in [0.2, 0.25) is 0 Å². The van der Waals surface area contributed by atoms with Crippen LogP contribution in [0.3, 0.4) is 0 Å². The molecule has 9 nitrogen and oxygen atoms in total. The van der Waals surface area contributed by atoms with Crippen molar-refractivity contribution in [2.24, 2.45) is 0 Å². The predicted molar refractivity (Wildman–Crippen MR) is 109 cm³/mol. The zero-order valence-corrected chi connectivity index (χ0v) is 16.7. The minimum atomic E-state index is -0.341. The van der Waals surface area contributed by atoms with Gasteiger partial charge in [-0.15, -0.1) is 0 Å². The average Bonchev–Trinajstić information content (AvgIpc) is 2.78. The smallest absolute Gasteiger partial charge is 0.273 e. The number of amides is 3. The summed E-state index contributed by atoms with van der Waals surface area (Å²) in [5.74, 6) is -0.225. The predicted octanol–water partition coefficient (Wildman–Crippen LogP) is 1.03. The summed E-state index contributed by atoms with van der Waals surface area (Å²) in [4.78, 5) is 47.2. The van der Waals surface area contributed by atoms with Gasteiger partial charge in [0.25, 0.3) is 11.8 Å². The van der Waals surface area contributed by atoms with E-state index in [0.29, 0.717) is 56.8 Å². The number of hydrogen-bond donors (Lipinski definition) is 2. The number of aromatic nitrogens is 2. The number of nitrogens with one attached hydrogen (secondary N) is 2. The maximum absolute atomic E-state index is 12.8. The fraction of sp³-hybridized carbons (Fsp3) is 0.381. The summed E-state index contributed by atoms with van der Waals surface area (Å²) in [5.41, 5.74) is 0.690. The second-order valence-corrected chi connectivity index (χ2v) is 6.80. The van der Waals surface area contributed by atoms with Gasteiger partial charge < -0.3 is 20.3 Å². The van der Waals surface area contributed by atoms with Gasteiger partial charge in [-0.1, -0.05) is 0 Å². The van der Waals surface area contributed by atoms with Crippen molar-refractivity contribution in [3.63, 3.8) is 0 Å². The van der Waals surface area contributed by atoms with E-state index in [4.69, 9.17) is 4.74 Å². The summed E-state index contributed by atoms with van der Waals surface area (Å²) in [6.07, 6.45) is 6.08. The molecule has 0 saturated heterocycles. The van der Waals surface area contributed by atoms with Crippen molar-refractivity contribution in [1.29, 1.82) is 0 Å². The molecule has 0 saturated carbocycles. The number of rotatable bonds is 1. The number of hydrogen-bond acceptors (Lipinski definition) is 6. The Hall–Kier alpha value is -3.49. The summed E-state index contributed by atoms with van der Waals surface area (Å²) in [5, 5.41) is 5.61. The molecule has 158 valence electrons. The molecular formula is C21H25N5O4. The van der Waals surface area contributed by atoms with Gasteiger partial charge in [0.15, 0.2) is 11.4 Å². The van der Waals surface area contributed by atoms with E-state index < -0.39 is 0 Å². The van der Waals surface area contributed by atoms with Gasteiger partial charge in [0, 0.05) is 44.6 Å². The zero-order valence-electron chi connectivity index (χ0n) is 16.7. The first-order chi connectivity index (χ1) is 14.6. The molecule has 9 heteroatoms. The molecule has 3 amide bonds.